The maximum atomic E-state index is 11.9. The molecule has 0 atom stereocenters. The van der Waals surface area contributed by atoms with Crippen molar-refractivity contribution in [3.8, 4) is 0 Å². The third-order valence-corrected chi connectivity index (χ3v) is 3.26. The van der Waals surface area contributed by atoms with E-state index in [-0.39, 0.29) is 18.2 Å². The topological polar surface area (TPSA) is 83.4 Å². The molecule has 0 spiro atoms. The highest BCUT2D eigenvalue weighted by atomic mass is 16.2. The summed E-state index contributed by atoms with van der Waals surface area (Å²) in [6.45, 7) is 5.55. The average Bonchev–Trinajstić information content (AvgIpc) is 2.53. The Morgan fingerprint density at radius 1 is 1.08 bits per heavy atom. The van der Waals surface area contributed by atoms with Crippen molar-refractivity contribution in [1.29, 1.82) is 0 Å². The quantitative estimate of drug-likeness (QED) is 0.655. The van der Waals surface area contributed by atoms with Gasteiger partial charge in [0.1, 0.15) is 5.82 Å². The average molecular weight is 324 g/mol. The van der Waals surface area contributed by atoms with Crippen LogP contribution in [0.5, 0.6) is 0 Å². The summed E-state index contributed by atoms with van der Waals surface area (Å²) in [7, 11) is 0. The summed E-state index contributed by atoms with van der Waals surface area (Å²) in [4.78, 5) is 28.0. The minimum Gasteiger partial charge on any atom is -0.310 e. The van der Waals surface area contributed by atoms with Gasteiger partial charge in [0, 0.05) is 17.5 Å². The molecule has 24 heavy (non-hydrogen) atoms. The molecule has 1 aromatic heterocycles. The van der Waals surface area contributed by atoms with Crippen LogP contribution in [-0.4, -0.2) is 22.5 Å². The predicted octanol–water partition coefficient (Wildman–Crippen LogP) is 2.83. The van der Waals surface area contributed by atoms with Gasteiger partial charge in [0.2, 0.25) is 5.91 Å². The van der Waals surface area contributed by atoms with Crippen LogP contribution >= 0.6 is 0 Å². The highest BCUT2D eigenvalue weighted by molar-refractivity contribution is 6.05. The summed E-state index contributed by atoms with van der Waals surface area (Å²) in [5.41, 5.74) is 5.56. The van der Waals surface area contributed by atoms with Crippen molar-refractivity contribution in [3.05, 3.63) is 59.3 Å². The molecule has 124 valence electrons. The smallest absolute Gasteiger partial charge is 0.271 e. The number of aromatic nitrogens is 1. The Bertz CT molecular complexity index is 767. The Morgan fingerprint density at radius 2 is 1.79 bits per heavy atom. The van der Waals surface area contributed by atoms with Gasteiger partial charge in [-0.1, -0.05) is 17.7 Å². The summed E-state index contributed by atoms with van der Waals surface area (Å²) in [5, 5.41) is 6.65. The molecule has 6 nitrogen and oxygen atoms in total. The standard InChI is InChI=1S/C18H20N4O2/c1-12-4-6-15(7-5-12)18(24)22-21-14(3)11-17(23)20-16-10-13(2)8-9-19-16/h4-10H,11H2,1-3H3,(H,22,24)(H,19,20,23)/b21-14-. The number of pyridine rings is 1. The second kappa shape index (κ2) is 8.01. The molecule has 2 amide bonds. The van der Waals surface area contributed by atoms with Crippen LogP contribution < -0.4 is 10.7 Å². The van der Waals surface area contributed by atoms with Crippen LogP contribution in [0.2, 0.25) is 0 Å². The lowest BCUT2D eigenvalue weighted by molar-refractivity contribution is -0.115. The van der Waals surface area contributed by atoms with E-state index < -0.39 is 0 Å². The molecular formula is C18H20N4O2. The van der Waals surface area contributed by atoms with Gasteiger partial charge in [-0.3, -0.25) is 9.59 Å². The van der Waals surface area contributed by atoms with Crippen LogP contribution in [0.4, 0.5) is 5.82 Å². The number of amides is 2. The third kappa shape index (κ3) is 5.31. The SMILES string of the molecule is C/C(CC(=O)Nc1cc(C)ccn1)=N/NC(=O)c1ccc(C)cc1. The van der Waals surface area contributed by atoms with Gasteiger partial charge in [0.25, 0.3) is 5.91 Å². The second-order valence-corrected chi connectivity index (χ2v) is 5.60. The van der Waals surface area contributed by atoms with Crippen molar-refractivity contribution in [2.24, 2.45) is 5.10 Å². The van der Waals surface area contributed by atoms with Gasteiger partial charge in [0.05, 0.1) is 6.42 Å². The number of hydrazone groups is 1. The monoisotopic (exact) mass is 324 g/mol. The summed E-state index contributed by atoms with van der Waals surface area (Å²) in [5.74, 6) is -0.0504. The fourth-order valence-corrected chi connectivity index (χ4v) is 1.98. The van der Waals surface area contributed by atoms with E-state index >= 15 is 0 Å². The third-order valence-electron chi connectivity index (χ3n) is 3.26. The zero-order chi connectivity index (χ0) is 17.5. The molecule has 0 aliphatic carbocycles. The molecule has 2 aromatic rings. The van der Waals surface area contributed by atoms with Crippen molar-refractivity contribution < 1.29 is 9.59 Å². The van der Waals surface area contributed by atoms with E-state index in [0.29, 0.717) is 17.1 Å². The Hall–Kier alpha value is -3.02. The van der Waals surface area contributed by atoms with Gasteiger partial charge in [-0.25, -0.2) is 10.4 Å². The summed E-state index contributed by atoms with van der Waals surface area (Å²) >= 11 is 0. The van der Waals surface area contributed by atoms with Crippen LogP contribution in [0.1, 0.15) is 34.8 Å². The molecule has 1 aromatic carbocycles. The van der Waals surface area contributed by atoms with Crippen molar-refractivity contribution >= 4 is 23.3 Å². The van der Waals surface area contributed by atoms with Gasteiger partial charge in [-0.2, -0.15) is 5.10 Å². The van der Waals surface area contributed by atoms with Crippen molar-refractivity contribution in [2.45, 2.75) is 27.2 Å². The Labute approximate surface area is 141 Å². The number of aryl methyl sites for hydroxylation is 2. The van der Waals surface area contributed by atoms with E-state index in [2.05, 4.69) is 20.8 Å². The largest absolute Gasteiger partial charge is 0.310 e. The first-order chi connectivity index (χ1) is 11.4. The zero-order valence-corrected chi connectivity index (χ0v) is 14.0. The summed E-state index contributed by atoms with van der Waals surface area (Å²) in [6, 6.07) is 10.8. The molecule has 0 saturated heterocycles. The molecule has 0 bridgehead atoms. The molecule has 0 aliphatic rings. The number of hydrogen-bond acceptors (Lipinski definition) is 4. The van der Waals surface area contributed by atoms with Gasteiger partial charge >= 0.3 is 0 Å². The molecular weight excluding hydrogens is 304 g/mol. The molecule has 0 saturated carbocycles. The highest BCUT2D eigenvalue weighted by Crippen LogP contribution is 2.06. The fourth-order valence-electron chi connectivity index (χ4n) is 1.98. The molecule has 0 aliphatic heterocycles. The first kappa shape index (κ1) is 17.3. The molecule has 6 heteroatoms. The van der Waals surface area contributed by atoms with Gasteiger partial charge in [0.15, 0.2) is 0 Å². The van der Waals surface area contributed by atoms with Crippen molar-refractivity contribution in [2.75, 3.05) is 5.32 Å². The molecule has 0 fully saturated rings. The maximum Gasteiger partial charge on any atom is 0.271 e. The van der Waals surface area contributed by atoms with E-state index in [1.54, 1.807) is 31.3 Å². The highest BCUT2D eigenvalue weighted by Gasteiger charge is 2.07. The number of nitrogens with zero attached hydrogens (tertiary/aromatic N) is 2. The number of rotatable bonds is 5. The predicted molar refractivity (Wildman–Crippen MR) is 94.0 cm³/mol. The number of anilines is 1. The van der Waals surface area contributed by atoms with E-state index in [0.717, 1.165) is 11.1 Å². The minimum atomic E-state index is -0.310. The van der Waals surface area contributed by atoms with Crippen LogP contribution in [0, 0.1) is 13.8 Å². The number of benzene rings is 1. The zero-order valence-electron chi connectivity index (χ0n) is 14.0. The van der Waals surface area contributed by atoms with Crippen LogP contribution in [-0.2, 0) is 4.79 Å². The first-order valence-corrected chi connectivity index (χ1v) is 7.57. The molecule has 0 radical (unpaired) electrons. The lowest BCUT2D eigenvalue weighted by atomic mass is 10.1. The van der Waals surface area contributed by atoms with E-state index in [1.165, 1.54) is 0 Å². The number of hydrogen-bond donors (Lipinski definition) is 2. The number of carbonyl (C=O) groups is 2. The molecule has 2 rings (SSSR count). The fraction of sp³-hybridized carbons (Fsp3) is 0.222. The van der Waals surface area contributed by atoms with Crippen molar-refractivity contribution in [3.63, 3.8) is 0 Å². The molecule has 0 unspecified atom stereocenters. The van der Waals surface area contributed by atoms with Gasteiger partial charge in [-0.15, -0.1) is 0 Å². The van der Waals surface area contributed by atoms with Gasteiger partial charge < -0.3 is 5.32 Å². The van der Waals surface area contributed by atoms with Gasteiger partial charge in [-0.05, 0) is 50.6 Å². The molecule has 2 N–H and O–H groups in total. The van der Waals surface area contributed by atoms with Crippen LogP contribution in [0.3, 0.4) is 0 Å². The second-order valence-electron chi connectivity index (χ2n) is 5.60. The Morgan fingerprint density at radius 3 is 2.46 bits per heavy atom. The van der Waals surface area contributed by atoms with E-state index in [9.17, 15) is 9.59 Å². The van der Waals surface area contributed by atoms with Crippen LogP contribution in [0.15, 0.2) is 47.7 Å². The first-order valence-electron chi connectivity index (χ1n) is 7.57. The summed E-state index contributed by atoms with van der Waals surface area (Å²) < 4.78 is 0. The minimum absolute atomic E-state index is 0.0732. The lowest BCUT2D eigenvalue weighted by Gasteiger charge is -2.05. The number of carbonyl (C=O) groups excluding carboxylic acids is 2. The van der Waals surface area contributed by atoms with E-state index in [4.69, 9.17) is 0 Å². The molecule has 1 heterocycles. The Balaban J connectivity index is 1.87. The van der Waals surface area contributed by atoms with E-state index in [1.807, 2.05) is 32.0 Å². The van der Waals surface area contributed by atoms with Crippen LogP contribution in [0.25, 0.3) is 0 Å². The Kier molecular flexibility index (Phi) is 5.78. The number of nitrogens with one attached hydrogen (secondary N) is 2. The van der Waals surface area contributed by atoms with Crippen molar-refractivity contribution in [1.82, 2.24) is 10.4 Å². The maximum absolute atomic E-state index is 11.9. The summed E-state index contributed by atoms with van der Waals surface area (Å²) in [6.07, 6.45) is 1.71. The lowest BCUT2D eigenvalue weighted by Crippen LogP contribution is -2.21. The normalized spacial score (nSPS) is 11.0.